The summed E-state index contributed by atoms with van der Waals surface area (Å²) in [6.07, 6.45) is 4.93. The monoisotopic (exact) mass is 538 g/mol. The van der Waals surface area contributed by atoms with Gasteiger partial charge in [0.25, 0.3) is 0 Å². The Balaban J connectivity index is 1.31. The molecule has 0 unspecified atom stereocenters. The number of para-hydroxylation sites is 1. The van der Waals surface area contributed by atoms with Crippen LogP contribution >= 0.6 is 15.9 Å². The molecule has 2 fully saturated rings. The van der Waals surface area contributed by atoms with Crippen molar-refractivity contribution in [2.45, 2.75) is 25.8 Å². The maximum Gasteiger partial charge on any atom is 0.145 e. The Morgan fingerprint density at radius 2 is 1.83 bits per heavy atom. The molecule has 36 heavy (non-hydrogen) atoms. The van der Waals surface area contributed by atoms with Gasteiger partial charge in [-0.2, -0.15) is 0 Å². The molecule has 0 amide bonds. The number of nitrogens with zero attached hydrogens (tertiary/aromatic N) is 2. The number of rotatable bonds is 6. The van der Waals surface area contributed by atoms with Gasteiger partial charge in [0, 0.05) is 40.8 Å². The van der Waals surface area contributed by atoms with Crippen LogP contribution in [0, 0.1) is 11.3 Å². The number of halogens is 1. The number of carbonyl (C=O) groups excluding carboxylic acids is 1. The molecule has 3 aromatic carbocycles. The fourth-order valence-electron chi connectivity index (χ4n) is 5.81. The molecule has 0 spiro atoms. The van der Waals surface area contributed by atoms with Crippen molar-refractivity contribution < 1.29 is 4.79 Å². The summed E-state index contributed by atoms with van der Waals surface area (Å²) in [5.41, 5.74) is 6.20. The van der Waals surface area contributed by atoms with Crippen LogP contribution in [0.25, 0.3) is 44.5 Å². The Labute approximate surface area is 218 Å². The smallest absolute Gasteiger partial charge is 0.145 e. The third kappa shape index (κ3) is 3.62. The number of benzene rings is 3. The van der Waals surface area contributed by atoms with Gasteiger partial charge >= 0.3 is 0 Å². The number of hydrogen-bond donors (Lipinski definition) is 2. The molecule has 5 nitrogen and oxygen atoms in total. The highest BCUT2D eigenvalue weighted by atomic mass is 79.9. The van der Waals surface area contributed by atoms with E-state index in [-0.39, 0.29) is 11.3 Å². The summed E-state index contributed by atoms with van der Waals surface area (Å²) < 4.78 is 3.29. The predicted octanol–water partition coefficient (Wildman–Crippen LogP) is 6.57. The molecule has 3 heterocycles. The molecule has 0 bridgehead atoms. The summed E-state index contributed by atoms with van der Waals surface area (Å²) in [5.74, 6) is 1.59. The molecule has 1 saturated heterocycles. The van der Waals surface area contributed by atoms with E-state index >= 15 is 0 Å². The molecule has 0 radical (unpaired) electrons. The highest BCUT2D eigenvalue weighted by Gasteiger charge is 2.48. The number of fused-ring (bicyclic) bond motifs is 2. The van der Waals surface area contributed by atoms with E-state index in [1.807, 2.05) is 12.3 Å². The van der Waals surface area contributed by atoms with Crippen LogP contribution in [0.3, 0.4) is 0 Å². The minimum Gasteiger partial charge on any atom is -0.361 e. The molecule has 7 rings (SSSR count). The van der Waals surface area contributed by atoms with Gasteiger partial charge in [-0.25, -0.2) is 4.98 Å². The molecule has 1 saturated carbocycles. The summed E-state index contributed by atoms with van der Waals surface area (Å²) in [7, 11) is 0. The summed E-state index contributed by atoms with van der Waals surface area (Å²) in [4.78, 5) is 21.8. The van der Waals surface area contributed by atoms with Crippen molar-refractivity contribution in [2.24, 2.45) is 11.3 Å². The summed E-state index contributed by atoms with van der Waals surface area (Å²) >= 11 is 3.77. The number of hydrogen-bond acceptors (Lipinski definition) is 3. The summed E-state index contributed by atoms with van der Waals surface area (Å²) in [5, 5.41) is 4.69. The fraction of sp³-hybridized carbons (Fsp3) is 0.267. The molecule has 1 aliphatic carbocycles. The third-order valence-corrected chi connectivity index (χ3v) is 8.56. The number of H-pyrrole nitrogens is 1. The quantitative estimate of drug-likeness (QED) is 0.257. The molecular weight excluding hydrogens is 512 g/mol. The lowest BCUT2D eigenvalue weighted by Gasteiger charge is -2.28. The van der Waals surface area contributed by atoms with Crippen LogP contribution in [0.4, 0.5) is 0 Å². The minimum atomic E-state index is -0.370. The Morgan fingerprint density at radius 1 is 1.03 bits per heavy atom. The molecule has 5 aromatic rings. The fourth-order valence-corrected chi connectivity index (χ4v) is 6.38. The van der Waals surface area contributed by atoms with Crippen molar-refractivity contribution in [3.63, 3.8) is 0 Å². The second-order valence-corrected chi connectivity index (χ2v) is 11.2. The molecule has 2 N–H and O–H groups in total. The molecular formula is C30H27BrN4O. The number of ketones is 1. The topological polar surface area (TPSA) is 62.7 Å². The number of carbonyl (C=O) groups is 1. The van der Waals surface area contributed by atoms with E-state index in [4.69, 9.17) is 4.98 Å². The maximum absolute atomic E-state index is 13.5. The predicted molar refractivity (Wildman–Crippen MR) is 148 cm³/mol. The van der Waals surface area contributed by atoms with Crippen LogP contribution in [0.15, 0.2) is 77.4 Å². The summed E-state index contributed by atoms with van der Waals surface area (Å²) in [6, 6.07) is 23.4. The third-order valence-electron chi connectivity index (χ3n) is 7.92. The normalized spacial score (nSPS) is 19.9. The van der Waals surface area contributed by atoms with Gasteiger partial charge < -0.3 is 14.9 Å². The van der Waals surface area contributed by atoms with Crippen molar-refractivity contribution in [1.82, 2.24) is 19.9 Å². The van der Waals surface area contributed by atoms with Crippen LogP contribution in [0.1, 0.15) is 19.3 Å². The standard InChI is InChI=1S/C30H27BrN4O/c31-24-2-1-3-26-27(24)35(18-30(13-15-32-17-30)28(36)20-6-7-20)29(34-26)21-8-4-19(5-9-21)22-10-11-25-23(16-22)12-14-33-25/h1-5,8-12,14,16,20,32-33H,6-7,13,15,17-18H2/t30-/m0/s1. The molecule has 1 atom stereocenters. The second-order valence-electron chi connectivity index (χ2n) is 10.3. The Morgan fingerprint density at radius 3 is 2.61 bits per heavy atom. The first kappa shape index (κ1) is 22.0. The largest absolute Gasteiger partial charge is 0.361 e. The van der Waals surface area contributed by atoms with E-state index in [1.54, 1.807) is 0 Å². The van der Waals surface area contributed by atoms with E-state index in [2.05, 4.69) is 91.5 Å². The first-order valence-corrected chi connectivity index (χ1v) is 13.5. The van der Waals surface area contributed by atoms with Gasteiger partial charge in [0.1, 0.15) is 11.6 Å². The van der Waals surface area contributed by atoms with E-state index in [0.717, 1.165) is 64.8 Å². The summed E-state index contributed by atoms with van der Waals surface area (Å²) in [6.45, 7) is 2.28. The molecule has 2 aliphatic rings. The second kappa shape index (κ2) is 8.43. The van der Waals surface area contributed by atoms with Crippen molar-refractivity contribution in [2.75, 3.05) is 13.1 Å². The first-order valence-electron chi connectivity index (χ1n) is 12.7. The van der Waals surface area contributed by atoms with Gasteiger partial charge in [-0.15, -0.1) is 0 Å². The van der Waals surface area contributed by atoms with Crippen LogP contribution in [-0.4, -0.2) is 33.4 Å². The van der Waals surface area contributed by atoms with Crippen LogP contribution in [-0.2, 0) is 11.3 Å². The van der Waals surface area contributed by atoms with Crippen molar-refractivity contribution >= 4 is 43.6 Å². The van der Waals surface area contributed by atoms with E-state index in [9.17, 15) is 4.79 Å². The van der Waals surface area contributed by atoms with E-state index < -0.39 is 0 Å². The van der Waals surface area contributed by atoms with Gasteiger partial charge in [-0.05, 0) is 88.6 Å². The highest BCUT2D eigenvalue weighted by Crippen LogP contribution is 2.43. The lowest BCUT2D eigenvalue weighted by Crippen LogP contribution is -2.39. The van der Waals surface area contributed by atoms with Crippen LogP contribution < -0.4 is 5.32 Å². The van der Waals surface area contributed by atoms with Gasteiger partial charge in [0.05, 0.1) is 16.4 Å². The van der Waals surface area contributed by atoms with E-state index in [1.165, 1.54) is 16.5 Å². The Bertz CT molecular complexity index is 1600. The minimum absolute atomic E-state index is 0.239. The SMILES string of the molecule is O=C(C1CC1)[C@@]1(Cn2c(-c3ccc(-c4ccc5[nH]ccc5c4)cc3)nc3cccc(Br)c32)CCNC1. The van der Waals surface area contributed by atoms with Gasteiger partial charge in [-0.3, -0.25) is 4.79 Å². The van der Waals surface area contributed by atoms with Crippen LogP contribution in [0.2, 0.25) is 0 Å². The zero-order valence-corrected chi connectivity index (χ0v) is 21.5. The first-order chi connectivity index (χ1) is 17.6. The molecule has 2 aromatic heterocycles. The molecule has 1 aliphatic heterocycles. The van der Waals surface area contributed by atoms with Gasteiger partial charge in [-0.1, -0.05) is 36.4 Å². The number of imidazole rings is 1. The van der Waals surface area contributed by atoms with Crippen molar-refractivity contribution in [3.05, 3.63) is 77.4 Å². The lowest BCUT2D eigenvalue weighted by molar-refractivity contribution is -0.129. The zero-order valence-electron chi connectivity index (χ0n) is 19.9. The number of aromatic nitrogens is 3. The molecule has 6 heteroatoms. The lowest BCUT2D eigenvalue weighted by atomic mass is 9.80. The number of Topliss-reactive ketones (excluding diaryl/α,β-unsaturated/α-hetero) is 1. The number of aromatic amines is 1. The average Bonchev–Trinajstić information content (AvgIpc) is 3.28. The highest BCUT2D eigenvalue weighted by molar-refractivity contribution is 9.10. The van der Waals surface area contributed by atoms with Crippen molar-refractivity contribution in [1.29, 1.82) is 0 Å². The Hall–Kier alpha value is -3.22. The molecule has 180 valence electrons. The van der Waals surface area contributed by atoms with Crippen molar-refractivity contribution in [3.8, 4) is 22.5 Å². The van der Waals surface area contributed by atoms with E-state index in [0.29, 0.717) is 12.3 Å². The average molecular weight is 539 g/mol. The zero-order chi connectivity index (χ0) is 24.3. The van der Waals surface area contributed by atoms with Crippen LogP contribution in [0.5, 0.6) is 0 Å². The maximum atomic E-state index is 13.5. The van der Waals surface area contributed by atoms with Gasteiger partial charge in [0.15, 0.2) is 0 Å². The van der Waals surface area contributed by atoms with Gasteiger partial charge in [0.2, 0.25) is 0 Å². The number of nitrogens with one attached hydrogen (secondary N) is 2. The Kier molecular flexibility index (Phi) is 5.15.